The summed E-state index contributed by atoms with van der Waals surface area (Å²) in [4.78, 5) is 40.5. The first kappa shape index (κ1) is 31.1. The molecule has 4 aromatic rings. The van der Waals surface area contributed by atoms with Crippen molar-refractivity contribution in [1.29, 1.82) is 0 Å². The van der Waals surface area contributed by atoms with E-state index in [1.165, 1.54) is 5.56 Å². The number of carbonyl (C=O) groups excluding carboxylic acids is 2. The van der Waals surface area contributed by atoms with Crippen LogP contribution in [0.1, 0.15) is 65.6 Å². The maximum absolute atomic E-state index is 13.9. The van der Waals surface area contributed by atoms with E-state index >= 15 is 0 Å². The van der Waals surface area contributed by atoms with Crippen LogP contribution >= 0.6 is 0 Å². The molecule has 2 heterocycles. The highest BCUT2D eigenvalue weighted by molar-refractivity contribution is 5.99. The van der Waals surface area contributed by atoms with E-state index in [2.05, 4.69) is 34.2 Å². The molecule has 0 N–H and O–H groups in total. The van der Waals surface area contributed by atoms with Crippen LogP contribution in [0, 0.1) is 5.92 Å². The molecule has 1 amide bonds. The van der Waals surface area contributed by atoms with Crippen molar-refractivity contribution in [1.82, 2.24) is 19.4 Å². The molecule has 7 nitrogen and oxygen atoms in total. The van der Waals surface area contributed by atoms with Crippen molar-refractivity contribution in [3.63, 3.8) is 0 Å². The van der Waals surface area contributed by atoms with Crippen LogP contribution in [0.15, 0.2) is 102 Å². The van der Waals surface area contributed by atoms with Gasteiger partial charge in [-0.2, -0.15) is 0 Å². The predicted molar refractivity (Wildman–Crippen MR) is 178 cm³/mol. The Morgan fingerprint density at radius 1 is 0.977 bits per heavy atom. The summed E-state index contributed by atoms with van der Waals surface area (Å²) in [5.74, 6) is 0.882. The molecule has 0 bridgehead atoms. The minimum absolute atomic E-state index is 0.0418. The number of hydrogen-bond donors (Lipinski definition) is 0. The molecule has 5 rings (SSSR count). The zero-order valence-corrected chi connectivity index (χ0v) is 26.1. The maximum Gasteiger partial charge on any atom is 0.253 e. The summed E-state index contributed by atoms with van der Waals surface area (Å²) >= 11 is 0. The Hall–Kier alpha value is -4.36. The van der Waals surface area contributed by atoms with Crippen LogP contribution in [0.5, 0.6) is 0 Å². The Bertz CT molecular complexity index is 1600. The van der Waals surface area contributed by atoms with Crippen molar-refractivity contribution in [3.8, 4) is 0 Å². The summed E-state index contributed by atoms with van der Waals surface area (Å²) in [5, 5.41) is 0. The van der Waals surface area contributed by atoms with Crippen LogP contribution in [-0.4, -0.2) is 70.0 Å². The van der Waals surface area contributed by atoms with Crippen molar-refractivity contribution in [2.45, 2.75) is 45.6 Å². The van der Waals surface area contributed by atoms with Crippen molar-refractivity contribution in [2.24, 2.45) is 10.9 Å². The van der Waals surface area contributed by atoms with Crippen LogP contribution in [-0.2, 0) is 6.54 Å². The number of benzene rings is 3. The molecule has 1 saturated heterocycles. The molecule has 1 atom stereocenters. The van der Waals surface area contributed by atoms with Gasteiger partial charge in [0.1, 0.15) is 0 Å². The number of para-hydroxylation sites is 2. The van der Waals surface area contributed by atoms with Gasteiger partial charge in [0.2, 0.25) is 5.78 Å². The first-order valence-corrected chi connectivity index (χ1v) is 15.7. The summed E-state index contributed by atoms with van der Waals surface area (Å²) in [7, 11) is 1.89. The lowest BCUT2D eigenvalue weighted by atomic mass is 9.90. The Morgan fingerprint density at radius 3 is 2.34 bits per heavy atom. The number of likely N-dealkylation sites (tertiary alicyclic amines) is 1. The third-order valence-corrected chi connectivity index (χ3v) is 8.59. The highest BCUT2D eigenvalue weighted by Crippen LogP contribution is 2.27. The molecular weight excluding hydrogens is 546 g/mol. The van der Waals surface area contributed by atoms with Gasteiger partial charge in [-0.15, -0.1) is 0 Å². The second-order valence-electron chi connectivity index (χ2n) is 11.8. The molecule has 0 radical (unpaired) electrons. The largest absolute Gasteiger partial charge is 0.341 e. The highest BCUT2D eigenvalue weighted by Gasteiger charge is 2.30. The van der Waals surface area contributed by atoms with Gasteiger partial charge in [-0.1, -0.05) is 66.7 Å². The van der Waals surface area contributed by atoms with Gasteiger partial charge in [0.15, 0.2) is 5.82 Å². The van der Waals surface area contributed by atoms with E-state index < -0.39 is 0 Å². The van der Waals surface area contributed by atoms with Crippen molar-refractivity contribution in [3.05, 3.63) is 114 Å². The lowest BCUT2D eigenvalue weighted by molar-refractivity contribution is 0.0779. The van der Waals surface area contributed by atoms with Crippen LogP contribution in [0.3, 0.4) is 0 Å². The van der Waals surface area contributed by atoms with Crippen LogP contribution in [0.25, 0.3) is 11.0 Å². The second kappa shape index (κ2) is 14.9. The maximum atomic E-state index is 13.9. The Labute approximate surface area is 260 Å². The number of ketones is 1. The fraction of sp³-hybridized carbons (Fsp3) is 0.351. The van der Waals surface area contributed by atoms with E-state index in [1.54, 1.807) is 6.20 Å². The van der Waals surface area contributed by atoms with Crippen molar-refractivity contribution >= 4 is 28.4 Å². The minimum atomic E-state index is -0.0471. The highest BCUT2D eigenvalue weighted by atomic mass is 16.2. The number of likely N-dealkylation sites (N-methyl/N-ethyl adjacent to an activating group) is 1. The number of imidazole rings is 1. The number of rotatable bonds is 12. The minimum Gasteiger partial charge on any atom is -0.341 e. The molecule has 1 aliphatic rings. The van der Waals surface area contributed by atoms with Gasteiger partial charge < -0.3 is 14.4 Å². The number of fused-ring (bicyclic) bond motifs is 1. The predicted octanol–water partition coefficient (Wildman–Crippen LogP) is 6.87. The van der Waals surface area contributed by atoms with Gasteiger partial charge in [0, 0.05) is 42.9 Å². The molecule has 3 aromatic carbocycles. The Kier molecular flexibility index (Phi) is 10.5. The Morgan fingerprint density at radius 2 is 1.64 bits per heavy atom. The molecule has 1 fully saturated rings. The molecule has 44 heavy (non-hydrogen) atoms. The first-order chi connectivity index (χ1) is 21.4. The number of piperidine rings is 1. The lowest BCUT2D eigenvalue weighted by Gasteiger charge is -2.33. The zero-order valence-electron chi connectivity index (χ0n) is 26.1. The Balaban J connectivity index is 1.22. The van der Waals surface area contributed by atoms with Crippen LogP contribution < -0.4 is 0 Å². The van der Waals surface area contributed by atoms with Gasteiger partial charge in [-0.25, -0.2) is 4.98 Å². The molecule has 7 heteroatoms. The molecule has 0 spiro atoms. The SMILES string of the molecule is C/C=C\N=C(C)Cn1c(C(=O)C2CCN(CCC(CN(C)C(=O)c3ccccc3)c3ccccc3)CC2)nc2ccccc21. The standard InChI is InChI=1S/C37H43N5O2/c1-4-22-38-28(2)26-42-34-18-12-11-17-33(34)39-36(42)35(43)30-19-23-41(24-20-30)25-21-32(29-13-7-5-8-14-29)27-40(3)37(44)31-15-9-6-10-16-31/h4-18,22,30,32H,19-21,23-27H2,1-3H3/b22-4-,38-28?. The third-order valence-electron chi connectivity index (χ3n) is 8.59. The summed E-state index contributed by atoms with van der Waals surface area (Å²) in [6.45, 7) is 7.79. The van der Waals surface area contributed by atoms with Crippen LogP contribution in [0.2, 0.25) is 0 Å². The van der Waals surface area contributed by atoms with Gasteiger partial charge in [-0.05, 0) is 82.6 Å². The second-order valence-corrected chi connectivity index (χ2v) is 11.8. The number of aromatic nitrogens is 2. The molecule has 1 aromatic heterocycles. The molecule has 1 unspecified atom stereocenters. The molecule has 0 aliphatic carbocycles. The summed E-state index contributed by atoms with van der Waals surface area (Å²) in [5.41, 5.74) is 4.69. The molecule has 0 saturated carbocycles. The third kappa shape index (κ3) is 7.58. The number of carbonyl (C=O) groups is 2. The number of hydrogen-bond acceptors (Lipinski definition) is 5. The van der Waals surface area contributed by atoms with Crippen molar-refractivity contribution in [2.75, 3.05) is 33.2 Å². The van der Waals surface area contributed by atoms with E-state index in [-0.39, 0.29) is 23.5 Å². The first-order valence-electron chi connectivity index (χ1n) is 15.7. The van der Waals surface area contributed by atoms with Crippen molar-refractivity contribution < 1.29 is 9.59 Å². The quantitative estimate of drug-likeness (QED) is 0.134. The van der Waals surface area contributed by atoms with E-state index in [9.17, 15) is 9.59 Å². The average molecular weight is 590 g/mol. The summed E-state index contributed by atoms with van der Waals surface area (Å²) in [6.07, 6.45) is 6.26. The normalized spacial score (nSPS) is 15.6. The van der Waals surface area contributed by atoms with Gasteiger partial charge >= 0.3 is 0 Å². The van der Waals surface area contributed by atoms with Crippen LogP contribution in [0.4, 0.5) is 0 Å². The molecule has 228 valence electrons. The van der Waals surface area contributed by atoms with Gasteiger partial charge in [0.05, 0.1) is 17.6 Å². The average Bonchev–Trinajstić information content (AvgIpc) is 3.43. The monoisotopic (exact) mass is 589 g/mol. The fourth-order valence-electron chi connectivity index (χ4n) is 6.14. The van der Waals surface area contributed by atoms with E-state index in [1.807, 2.05) is 97.1 Å². The topological polar surface area (TPSA) is 70.8 Å². The molecule has 1 aliphatic heterocycles. The number of nitrogens with zero attached hydrogens (tertiary/aromatic N) is 5. The zero-order chi connectivity index (χ0) is 30.9. The lowest BCUT2D eigenvalue weighted by Crippen LogP contribution is -2.39. The number of Topliss-reactive ketones (excluding diaryl/α,β-unsaturated/α-hetero) is 1. The fourth-order valence-corrected chi connectivity index (χ4v) is 6.14. The summed E-state index contributed by atoms with van der Waals surface area (Å²) < 4.78 is 2.03. The number of aliphatic imine (C=N–C) groups is 1. The number of allylic oxidation sites excluding steroid dienone is 1. The van der Waals surface area contributed by atoms with Gasteiger partial charge in [0.25, 0.3) is 5.91 Å². The summed E-state index contributed by atoms with van der Waals surface area (Å²) in [6, 6.07) is 27.9. The van der Waals surface area contributed by atoms with E-state index in [0.717, 1.165) is 55.6 Å². The molecular formula is C37H43N5O2. The number of amides is 1. The smallest absolute Gasteiger partial charge is 0.253 e. The van der Waals surface area contributed by atoms with Gasteiger partial charge in [-0.3, -0.25) is 14.6 Å². The van der Waals surface area contributed by atoms with E-state index in [4.69, 9.17) is 4.98 Å². The van der Waals surface area contributed by atoms with E-state index in [0.29, 0.717) is 24.5 Å².